The van der Waals surface area contributed by atoms with Crippen molar-refractivity contribution in [3.05, 3.63) is 30.1 Å². The third kappa shape index (κ3) is 6.48. The van der Waals surface area contributed by atoms with E-state index in [4.69, 9.17) is 9.47 Å². The van der Waals surface area contributed by atoms with Crippen LogP contribution in [0.1, 0.15) is 58.6 Å². The van der Waals surface area contributed by atoms with E-state index in [1.807, 2.05) is 43.9 Å². The molecule has 0 aliphatic carbocycles. The molecule has 1 unspecified atom stereocenters. The van der Waals surface area contributed by atoms with Gasteiger partial charge in [-0.3, -0.25) is 4.98 Å². The van der Waals surface area contributed by atoms with Gasteiger partial charge >= 0.3 is 6.09 Å². The zero-order valence-electron chi connectivity index (χ0n) is 15.2. The molecule has 1 aromatic heterocycles. The molecule has 1 amide bonds. The third-order valence-corrected chi connectivity index (χ3v) is 4.06. The molecule has 1 atom stereocenters. The summed E-state index contributed by atoms with van der Waals surface area (Å²) in [6, 6.07) is 6.10. The van der Waals surface area contributed by atoms with Crippen LogP contribution in [0.2, 0.25) is 0 Å². The van der Waals surface area contributed by atoms with Crippen molar-refractivity contribution in [1.29, 1.82) is 0 Å². The summed E-state index contributed by atoms with van der Waals surface area (Å²) in [6.45, 7) is 7.77. The molecule has 5 heteroatoms. The monoisotopic (exact) mass is 334 g/mol. The zero-order chi connectivity index (χ0) is 17.4. The smallest absolute Gasteiger partial charge is 0.410 e. The lowest BCUT2D eigenvalue weighted by Gasteiger charge is -2.36. The predicted octanol–water partition coefficient (Wildman–Crippen LogP) is 4.17. The summed E-state index contributed by atoms with van der Waals surface area (Å²) in [5, 5.41) is 0. The Kier molecular flexibility index (Phi) is 7.03. The van der Waals surface area contributed by atoms with Crippen molar-refractivity contribution in [3.63, 3.8) is 0 Å². The molecule has 1 aliphatic rings. The summed E-state index contributed by atoms with van der Waals surface area (Å²) < 4.78 is 11.2. The van der Waals surface area contributed by atoms with Crippen LogP contribution in [0.15, 0.2) is 24.4 Å². The van der Waals surface area contributed by atoms with Gasteiger partial charge in [0, 0.05) is 25.4 Å². The highest BCUT2D eigenvalue weighted by molar-refractivity contribution is 5.68. The van der Waals surface area contributed by atoms with Crippen molar-refractivity contribution in [1.82, 2.24) is 9.88 Å². The molecule has 0 radical (unpaired) electrons. The number of hydrogen-bond donors (Lipinski definition) is 0. The normalized spacial score (nSPS) is 18.5. The molecule has 5 nitrogen and oxygen atoms in total. The first kappa shape index (κ1) is 18.7. The van der Waals surface area contributed by atoms with E-state index in [-0.39, 0.29) is 12.1 Å². The van der Waals surface area contributed by atoms with E-state index in [9.17, 15) is 4.79 Å². The van der Waals surface area contributed by atoms with E-state index in [0.29, 0.717) is 13.2 Å². The Hall–Kier alpha value is -1.62. The van der Waals surface area contributed by atoms with Gasteiger partial charge in [-0.25, -0.2) is 4.79 Å². The maximum Gasteiger partial charge on any atom is 0.410 e. The second-order valence-corrected chi connectivity index (χ2v) is 7.34. The lowest BCUT2D eigenvalue weighted by atomic mass is 9.98. The van der Waals surface area contributed by atoms with Gasteiger partial charge in [0.1, 0.15) is 5.60 Å². The molecule has 2 heterocycles. The fraction of sp³-hybridized carbons (Fsp3) is 0.684. The predicted molar refractivity (Wildman–Crippen MR) is 93.7 cm³/mol. The minimum atomic E-state index is -0.440. The number of rotatable bonds is 6. The summed E-state index contributed by atoms with van der Waals surface area (Å²) >= 11 is 0. The highest BCUT2D eigenvalue weighted by Crippen LogP contribution is 2.23. The van der Waals surface area contributed by atoms with Crippen LogP contribution in [0.5, 0.6) is 0 Å². The van der Waals surface area contributed by atoms with Crippen LogP contribution in [0.4, 0.5) is 4.79 Å². The van der Waals surface area contributed by atoms with Crippen LogP contribution in [-0.2, 0) is 16.1 Å². The Morgan fingerprint density at radius 3 is 2.88 bits per heavy atom. The van der Waals surface area contributed by atoms with E-state index >= 15 is 0 Å². The van der Waals surface area contributed by atoms with E-state index in [1.54, 1.807) is 6.20 Å². The summed E-state index contributed by atoms with van der Waals surface area (Å²) in [6.07, 6.45) is 6.79. The highest BCUT2D eigenvalue weighted by Gasteiger charge is 2.29. The Morgan fingerprint density at radius 2 is 2.17 bits per heavy atom. The van der Waals surface area contributed by atoms with Crippen molar-refractivity contribution in [3.8, 4) is 0 Å². The van der Waals surface area contributed by atoms with Crippen molar-refractivity contribution in [2.45, 2.75) is 71.1 Å². The zero-order valence-corrected chi connectivity index (χ0v) is 15.2. The quantitative estimate of drug-likeness (QED) is 0.733. The van der Waals surface area contributed by atoms with Crippen LogP contribution in [0.25, 0.3) is 0 Å². The van der Waals surface area contributed by atoms with Crippen LogP contribution < -0.4 is 0 Å². The number of nitrogens with zero attached hydrogens (tertiary/aromatic N) is 2. The molecular weight excluding hydrogens is 304 g/mol. The first-order valence-electron chi connectivity index (χ1n) is 8.93. The minimum Gasteiger partial charge on any atom is -0.444 e. The maximum absolute atomic E-state index is 12.4. The lowest BCUT2D eigenvalue weighted by Crippen LogP contribution is -2.46. The second kappa shape index (κ2) is 9.02. The second-order valence-electron chi connectivity index (χ2n) is 7.34. The Bertz CT molecular complexity index is 499. The van der Waals surface area contributed by atoms with Gasteiger partial charge in [0.25, 0.3) is 0 Å². The molecule has 1 aliphatic heterocycles. The van der Waals surface area contributed by atoms with Gasteiger partial charge in [-0.2, -0.15) is 0 Å². The van der Waals surface area contributed by atoms with Crippen LogP contribution in [-0.4, -0.2) is 40.8 Å². The van der Waals surface area contributed by atoms with E-state index in [2.05, 4.69) is 4.98 Å². The molecule has 1 saturated heterocycles. The summed E-state index contributed by atoms with van der Waals surface area (Å²) in [4.78, 5) is 18.5. The number of likely N-dealkylation sites (tertiary alicyclic amines) is 1. The molecule has 0 bridgehead atoms. The molecule has 1 aromatic rings. The van der Waals surface area contributed by atoms with Gasteiger partial charge in [-0.05, 0) is 65.0 Å². The average molecular weight is 334 g/mol. The molecule has 0 N–H and O–H groups in total. The van der Waals surface area contributed by atoms with E-state index in [0.717, 1.165) is 37.9 Å². The number of amides is 1. The van der Waals surface area contributed by atoms with Crippen molar-refractivity contribution in [2.75, 3.05) is 13.2 Å². The van der Waals surface area contributed by atoms with Crippen molar-refractivity contribution in [2.24, 2.45) is 0 Å². The van der Waals surface area contributed by atoms with Crippen LogP contribution in [0, 0.1) is 0 Å². The van der Waals surface area contributed by atoms with Gasteiger partial charge in [-0.1, -0.05) is 6.07 Å². The fourth-order valence-corrected chi connectivity index (χ4v) is 2.94. The highest BCUT2D eigenvalue weighted by atomic mass is 16.6. The average Bonchev–Trinajstić information content (AvgIpc) is 2.54. The van der Waals surface area contributed by atoms with Gasteiger partial charge in [-0.15, -0.1) is 0 Å². The lowest BCUT2D eigenvalue weighted by molar-refractivity contribution is 0.00724. The van der Waals surface area contributed by atoms with E-state index < -0.39 is 5.60 Å². The van der Waals surface area contributed by atoms with E-state index in [1.165, 1.54) is 6.42 Å². The number of hydrogen-bond acceptors (Lipinski definition) is 4. The molecular formula is C19H30N2O3. The molecule has 134 valence electrons. The minimum absolute atomic E-state index is 0.179. The number of aromatic nitrogens is 1. The topological polar surface area (TPSA) is 51.7 Å². The number of carbonyl (C=O) groups is 1. The van der Waals surface area contributed by atoms with Gasteiger partial charge in [0.05, 0.1) is 12.3 Å². The maximum atomic E-state index is 12.4. The summed E-state index contributed by atoms with van der Waals surface area (Å²) in [5.74, 6) is 0. The first-order chi connectivity index (χ1) is 11.5. The Balaban J connectivity index is 1.72. The van der Waals surface area contributed by atoms with Crippen molar-refractivity contribution < 1.29 is 14.3 Å². The number of ether oxygens (including phenoxy) is 2. The molecule has 2 rings (SSSR count). The number of carbonyl (C=O) groups excluding carboxylic acids is 1. The van der Waals surface area contributed by atoms with Gasteiger partial charge in [0.2, 0.25) is 0 Å². The van der Waals surface area contributed by atoms with Crippen LogP contribution >= 0.6 is 0 Å². The fourth-order valence-electron chi connectivity index (χ4n) is 2.94. The van der Waals surface area contributed by atoms with Gasteiger partial charge in [0.15, 0.2) is 0 Å². The molecule has 1 fully saturated rings. The summed E-state index contributed by atoms with van der Waals surface area (Å²) in [7, 11) is 0. The molecule has 0 saturated carbocycles. The number of pyridine rings is 1. The van der Waals surface area contributed by atoms with Gasteiger partial charge < -0.3 is 14.4 Å². The third-order valence-electron chi connectivity index (χ3n) is 4.06. The molecule has 0 aromatic carbocycles. The first-order valence-corrected chi connectivity index (χ1v) is 8.93. The molecule has 24 heavy (non-hydrogen) atoms. The van der Waals surface area contributed by atoms with Crippen molar-refractivity contribution >= 4 is 6.09 Å². The summed E-state index contributed by atoms with van der Waals surface area (Å²) in [5.41, 5.74) is 0.510. The Morgan fingerprint density at radius 1 is 1.33 bits per heavy atom. The standard InChI is InChI=1S/C19H30N2O3/c1-19(2,3)24-18(22)21-13-7-5-10-17(21)11-8-14-23-15-16-9-4-6-12-20-16/h4,6,9,12,17H,5,7-8,10-11,13-15H2,1-3H3. The van der Waals surface area contributed by atoms with Crippen LogP contribution in [0.3, 0.4) is 0 Å². The molecule has 0 spiro atoms. The Labute approximate surface area is 145 Å². The number of piperidine rings is 1. The SMILES string of the molecule is CC(C)(C)OC(=O)N1CCCCC1CCCOCc1ccccn1. The largest absolute Gasteiger partial charge is 0.444 e.